The summed E-state index contributed by atoms with van der Waals surface area (Å²) in [6.07, 6.45) is 0. The van der Waals surface area contributed by atoms with Gasteiger partial charge >= 0.3 is 11.9 Å². The standard InChI is InChI=1S/C11H21NO5/c1-5-16-10(13)9(11(14)17-6-2)8(3)7-12-15-4/h8-9,12H,5-7H2,1-4H3. The topological polar surface area (TPSA) is 73.9 Å². The van der Waals surface area contributed by atoms with E-state index in [2.05, 4.69) is 10.3 Å². The van der Waals surface area contributed by atoms with Crippen LogP contribution in [0.25, 0.3) is 0 Å². The lowest BCUT2D eigenvalue weighted by molar-refractivity contribution is -0.164. The normalized spacial score (nSPS) is 12.3. The van der Waals surface area contributed by atoms with E-state index in [4.69, 9.17) is 9.47 Å². The molecule has 100 valence electrons. The summed E-state index contributed by atoms with van der Waals surface area (Å²) in [4.78, 5) is 28.0. The molecule has 1 N–H and O–H groups in total. The van der Waals surface area contributed by atoms with E-state index in [-0.39, 0.29) is 19.1 Å². The highest BCUT2D eigenvalue weighted by Crippen LogP contribution is 2.15. The number of hydrogen-bond acceptors (Lipinski definition) is 6. The molecule has 0 saturated carbocycles. The van der Waals surface area contributed by atoms with Gasteiger partial charge < -0.3 is 14.3 Å². The first-order valence-electron chi connectivity index (χ1n) is 5.67. The molecule has 0 aliphatic heterocycles. The maximum absolute atomic E-state index is 11.7. The number of ether oxygens (including phenoxy) is 2. The largest absolute Gasteiger partial charge is 0.465 e. The smallest absolute Gasteiger partial charge is 0.320 e. The molecule has 0 heterocycles. The van der Waals surface area contributed by atoms with Crippen LogP contribution in [0.2, 0.25) is 0 Å². The Kier molecular flexibility index (Phi) is 8.35. The minimum atomic E-state index is -0.919. The second-order valence-corrected chi connectivity index (χ2v) is 3.51. The van der Waals surface area contributed by atoms with Crippen LogP contribution in [0.3, 0.4) is 0 Å². The zero-order valence-corrected chi connectivity index (χ0v) is 10.8. The number of carbonyl (C=O) groups excluding carboxylic acids is 2. The highest BCUT2D eigenvalue weighted by atomic mass is 16.6. The van der Waals surface area contributed by atoms with Crippen molar-refractivity contribution in [3.05, 3.63) is 0 Å². The van der Waals surface area contributed by atoms with Crippen molar-refractivity contribution >= 4 is 11.9 Å². The summed E-state index contributed by atoms with van der Waals surface area (Å²) in [7, 11) is 1.47. The summed E-state index contributed by atoms with van der Waals surface area (Å²) in [6, 6.07) is 0. The number of rotatable bonds is 8. The monoisotopic (exact) mass is 247 g/mol. The second kappa shape index (κ2) is 8.95. The Balaban J connectivity index is 4.58. The summed E-state index contributed by atoms with van der Waals surface area (Å²) < 4.78 is 9.73. The molecule has 0 fully saturated rings. The molecule has 0 saturated heterocycles. The van der Waals surface area contributed by atoms with E-state index in [1.807, 2.05) is 0 Å². The average Bonchev–Trinajstić information content (AvgIpc) is 2.27. The van der Waals surface area contributed by atoms with Gasteiger partial charge in [-0.2, -0.15) is 0 Å². The third kappa shape index (κ3) is 5.65. The molecule has 17 heavy (non-hydrogen) atoms. The molecule has 0 bridgehead atoms. The number of nitrogens with one attached hydrogen (secondary N) is 1. The van der Waals surface area contributed by atoms with Gasteiger partial charge in [0.05, 0.1) is 20.3 Å². The summed E-state index contributed by atoms with van der Waals surface area (Å²) >= 11 is 0. The molecule has 0 amide bonds. The molecule has 6 nitrogen and oxygen atoms in total. The van der Waals surface area contributed by atoms with Gasteiger partial charge in [-0.1, -0.05) is 6.92 Å². The second-order valence-electron chi connectivity index (χ2n) is 3.51. The fourth-order valence-corrected chi connectivity index (χ4v) is 1.36. The zero-order chi connectivity index (χ0) is 13.3. The minimum Gasteiger partial charge on any atom is -0.465 e. The van der Waals surface area contributed by atoms with E-state index >= 15 is 0 Å². The third-order valence-electron chi connectivity index (χ3n) is 2.20. The lowest BCUT2D eigenvalue weighted by Crippen LogP contribution is -2.37. The Morgan fingerprint density at radius 1 is 1.12 bits per heavy atom. The van der Waals surface area contributed by atoms with E-state index in [9.17, 15) is 9.59 Å². The van der Waals surface area contributed by atoms with Crippen LogP contribution in [-0.2, 0) is 23.9 Å². The van der Waals surface area contributed by atoms with Crippen LogP contribution in [0, 0.1) is 11.8 Å². The maximum Gasteiger partial charge on any atom is 0.320 e. The van der Waals surface area contributed by atoms with Crippen molar-refractivity contribution in [2.75, 3.05) is 26.9 Å². The molecule has 6 heteroatoms. The first-order valence-corrected chi connectivity index (χ1v) is 5.67. The van der Waals surface area contributed by atoms with Gasteiger partial charge in [0.15, 0.2) is 5.92 Å². The van der Waals surface area contributed by atoms with Crippen LogP contribution in [0.15, 0.2) is 0 Å². The summed E-state index contributed by atoms with van der Waals surface area (Å²) in [5, 5.41) is 0. The summed E-state index contributed by atoms with van der Waals surface area (Å²) in [5.41, 5.74) is 2.61. The first kappa shape index (κ1) is 15.9. The molecule has 0 rings (SSSR count). The number of esters is 2. The van der Waals surface area contributed by atoms with E-state index in [1.165, 1.54) is 7.11 Å². The van der Waals surface area contributed by atoms with Gasteiger partial charge in [-0.25, -0.2) is 5.48 Å². The van der Waals surface area contributed by atoms with Crippen LogP contribution in [0.4, 0.5) is 0 Å². The van der Waals surface area contributed by atoms with Crippen molar-refractivity contribution in [1.82, 2.24) is 5.48 Å². The van der Waals surface area contributed by atoms with Crippen molar-refractivity contribution in [2.24, 2.45) is 11.8 Å². The number of hydrogen-bond donors (Lipinski definition) is 1. The lowest BCUT2D eigenvalue weighted by Gasteiger charge is -2.20. The van der Waals surface area contributed by atoms with Crippen molar-refractivity contribution in [2.45, 2.75) is 20.8 Å². The molecule has 0 aromatic carbocycles. The molecule has 0 aliphatic rings. The number of hydroxylamine groups is 1. The van der Waals surface area contributed by atoms with E-state index in [0.717, 1.165) is 0 Å². The Bertz CT molecular complexity index is 226. The van der Waals surface area contributed by atoms with Crippen LogP contribution < -0.4 is 5.48 Å². The SMILES string of the molecule is CCOC(=O)C(C(=O)OCC)C(C)CNOC. The van der Waals surface area contributed by atoms with Gasteiger partial charge in [0, 0.05) is 6.54 Å². The van der Waals surface area contributed by atoms with Gasteiger partial charge in [0.2, 0.25) is 0 Å². The van der Waals surface area contributed by atoms with Crippen LogP contribution in [-0.4, -0.2) is 38.8 Å². The quantitative estimate of drug-likeness (QED) is 0.383. The van der Waals surface area contributed by atoms with E-state index < -0.39 is 17.9 Å². The predicted molar refractivity (Wildman–Crippen MR) is 60.9 cm³/mol. The van der Waals surface area contributed by atoms with Crippen molar-refractivity contribution in [3.63, 3.8) is 0 Å². The van der Waals surface area contributed by atoms with Crippen LogP contribution >= 0.6 is 0 Å². The Morgan fingerprint density at radius 2 is 1.59 bits per heavy atom. The molecular formula is C11H21NO5. The van der Waals surface area contributed by atoms with Gasteiger partial charge in [-0.3, -0.25) is 9.59 Å². The van der Waals surface area contributed by atoms with Crippen LogP contribution in [0.1, 0.15) is 20.8 Å². The van der Waals surface area contributed by atoms with Crippen molar-refractivity contribution < 1.29 is 23.9 Å². The van der Waals surface area contributed by atoms with Gasteiger partial charge in [0.1, 0.15) is 0 Å². The molecule has 0 aromatic rings. The molecule has 1 atom stereocenters. The van der Waals surface area contributed by atoms with E-state index in [1.54, 1.807) is 20.8 Å². The van der Waals surface area contributed by atoms with Gasteiger partial charge in [-0.05, 0) is 19.8 Å². The van der Waals surface area contributed by atoms with Crippen LogP contribution in [0.5, 0.6) is 0 Å². The minimum absolute atomic E-state index is 0.235. The molecule has 0 spiro atoms. The molecule has 1 unspecified atom stereocenters. The maximum atomic E-state index is 11.7. The first-order chi connectivity index (χ1) is 8.08. The summed E-state index contributed by atoms with van der Waals surface area (Å²) in [5.74, 6) is -2.31. The van der Waals surface area contributed by atoms with Crippen molar-refractivity contribution in [1.29, 1.82) is 0 Å². The average molecular weight is 247 g/mol. The molecule has 0 radical (unpaired) electrons. The fourth-order valence-electron chi connectivity index (χ4n) is 1.36. The lowest BCUT2D eigenvalue weighted by atomic mass is 9.94. The summed E-state index contributed by atoms with van der Waals surface area (Å²) in [6.45, 7) is 5.97. The third-order valence-corrected chi connectivity index (χ3v) is 2.20. The Hall–Kier alpha value is -1.14. The molecule has 0 aromatic heterocycles. The predicted octanol–water partition coefficient (Wildman–Crippen LogP) is 0.516. The fraction of sp³-hybridized carbons (Fsp3) is 0.818. The van der Waals surface area contributed by atoms with Gasteiger partial charge in [-0.15, -0.1) is 0 Å². The Labute approximate surface area is 102 Å². The van der Waals surface area contributed by atoms with Gasteiger partial charge in [0.25, 0.3) is 0 Å². The zero-order valence-electron chi connectivity index (χ0n) is 10.8. The highest BCUT2D eigenvalue weighted by molar-refractivity contribution is 5.95. The van der Waals surface area contributed by atoms with Crippen molar-refractivity contribution in [3.8, 4) is 0 Å². The Morgan fingerprint density at radius 3 is 1.94 bits per heavy atom. The molecule has 0 aliphatic carbocycles. The highest BCUT2D eigenvalue weighted by Gasteiger charge is 2.34. The number of carbonyl (C=O) groups is 2. The molecular weight excluding hydrogens is 226 g/mol. The van der Waals surface area contributed by atoms with E-state index in [0.29, 0.717) is 6.54 Å².